The highest BCUT2D eigenvalue weighted by molar-refractivity contribution is 7.15. The summed E-state index contributed by atoms with van der Waals surface area (Å²) in [6.07, 6.45) is 0. The van der Waals surface area contributed by atoms with Crippen LogP contribution in [0, 0.1) is 6.92 Å². The number of rotatable bonds is 6. The van der Waals surface area contributed by atoms with E-state index in [9.17, 15) is 9.90 Å². The monoisotopic (exact) mass is 446 g/mol. The number of hydrogen-bond acceptors (Lipinski definition) is 7. The molecule has 0 bridgehead atoms. The normalized spacial score (nSPS) is 11.2. The molecule has 10 heteroatoms. The second kappa shape index (κ2) is 7.89. The Hall–Kier alpha value is -4.05. The fraction of sp³-hybridized carbons (Fsp3) is 0.136. The summed E-state index contributed by atoms with van der Waals surface area (Å²) in [6, 6.07) is 16.1. The van der Waals surface area contributed by atoms with Crippen molar-refractivity contribution in [3.8, 4) is 28.5 Å². The number of aryl methyl sites for hydroxylation is 1. The number of aromatic nitrogens is 6. The third-order valence-electron chi connectivity index (χ3n) is 5.26. The quantitative estimate of drug-likeness (QED) is 0.404. The molecule has 0 amide bonds. The van der Waals surface area contributed by atoms with Gasteiger partial charge in [-0.3, -0.25) is 4.57 Å². The van der Waals surface area contributed by atoms with Gasteiger partial charge in [-0.1, -0.05) is 48.5 Å². The minimum Gasteiger partial charge on any atom is -0.477 e. The van der Waals surface area contributed by atoms with Crippen LogP contribution in [0.1, 0.15) is 20.1 Å². The van der Waals surface area contributed by atoms with Crippen LogP contribution in [0.15, 0.2) is 48.5 Å². The van der Waals surface area contributed by atoms with Crippen LogP contribution in [0.2, 0.25) is 0 Å². The fourth-order valence-corrected chi connectivity index (χ4v) is 4.82. The maximum atomic E-state index is 11.9. The van der Waals surface area contributed by atoms with E-state index < -0.39 is 5.97 Å². The zero-order valence-electron chi connectivity index (χ0n) is 17.2. The van der Waals surface area contributed by atoms with E-state index in [0.29, 0.717) is 29.4 Å². The summed E-state index contributed by atoms with van der Waals surface area (Å²) >= 11 is 1.22. The summed E-state index contributed by atoms with van der Waals surface area (Å²) in [5, 5.41) is 24.2. The number of benzene rings is 2. The first-order valence-corrected chi connectivity index (χ1v) is 10.6. The van der Waals surface area contributed by atoms with Crippen molar-refractivity contribution in [2.24, 2.45) is 0 Å². The maximum Gasteiger partial charge on any atom is 0.348 e. The highest BCUT2D eigenvalue weighted by Gasteiger charge is 2.24. The van der Waals surface area contributed by atoms with E-state index in [1.54, 1.807) is 0 Å². The molecule has 0 atom stereocenters. The van der Waals surface area contributed by atoms with E-state index in [1.807, 2.05) is 60.0 Å². The molecule has 0 aliphatic heterocycles. The van der Waals surface area contributed by atoms with Gasteiger partial charge in [0, 0.05) is 10.4 Å². The maximum absolute atomic E-state index is 11.9. The van der Waals surface area contributed by atoms with Crippen LogP contribution < -0.4 is 4.74 Å². The van der Waals surface area contributed by atoms with Crippen molar-refractivity contribution in [3.05, 3.63) is 63.8 Å². The number of nitrogens with zero attached hydrogens (tertiary/aromatic N) is 5. The lowest BCUT2D eigenvalue weighted by Crippen LogP contribution is -2.06. The van der Waals surface area contributed by atoms with Gasteiger partial charge in [-0.2, -0.15) is 10.2 Å². The van der Waals surface area contributed by atoms with E-state index in [4.69, 9.17) is 4.74 Å². The Morgan fingerprint density at radius 3 is 2.53 bits per heavy atom. The average Bonchev–Trinajstić information content (AvgIpc) is 3.52. The van der Waals surface area contributed by atoms with Crippen LogP contribution in [0.5, 0.6) is 6.01 Å². The second-order valence-electron chi connectivity index (χ2n) is 7.11. The van der Waals surface area contributed by atoms with Gasteiger partial charge in [0.25, 0.3) is 6.01 Å². The van der Waals surface area contributed by atoms with Crippen molar-refractivity contribution in [3.63, 3.8) is 0 Å². The molecule has 160 valence electrons. The Morgan fingerprint density at radius 2 is 1.84 bits per heavy atom. The van der Waals surface area contributed by atoms with Crippen molar-refractivity contribution < 1.29 is 14.6 Å². The highest BCUT2D eigenvalue weighted by atomic mass is 32.1. The molecule has 5 rings (SSSR count). The molecule has 0 saturated heterocycles. The van der Waals surface area contributed by atoms with Crippen molar-refractivity contribution >= 4 is 28.3 Å². The number of imidazole rings is 1. The minimum absolute atomic E-state index is 0.248. The molecule has 2 N–H and O–H groups in total. The molecule has 0 unspecified atom stereocenters. The molecular formula is C22H18N6O3S. The number of methoxy groups -OCH3 is 1. The van der Waals surface area contributed by atoms with Gasteiger partial charge in [0.05, 0.1) is 19.2 Å². The van der Waals surface area contributed by atoms with E-state index in [0.717, 1.165) is 27.1 Å². The van der Waals surface area contributed by atoms with Crippen LogP contribution in [0.3, 0.4) is 0 Å². The lowest BCUT2D eigenvalue weighted by molar-refractivity contribution is 0.0703. The van der Waals surface area contributed by atoms with E-state index in [1.165, 1.54) is 18.4 Å². The van der Waals surface area contributed by atoms with Crippen LogP contribution in [-0.4, -0.2) is 48.4 Å². The van der Waals surface area contributed by atoms with Gasteiger partial charge >= 0.3 is 5.97 Å². The minimum atomic E-state index is -0.979. The van der Waals surface area contributed by atoms with Crippen molar-refractivity contribution in [1.82, 2.24) is 30.2 Å². The number of nitrogens with one attached hydrogen (secondary N) is 1. The molecule has 2 aromatic carbocycles. The molecule has 3 aromatic heterocycles. The molecule has 9 nitrogen and oxygen atoms in total. The smallest absolute Gasteiger partial charge is 0.348 e. The van der Waals surface area contributed by atoms with Gasteiger partial charge < -0.3 is 9.84 Å². The van der Waals surface area contributed by atoms with Gasteiger partial charge in [0.1, 0.15) is 10.4 Å². The number of carboxylic acid groups (broad SMARTS) is 1. The van der Waals surface area contributed by atoms with Crippen LogP contribution in [0.25, 0.3) is 33.5 Å². The largest absolute Gasteiger partial charge is 0.477 e. The fourth-order valence-electron chi connectivity index (χ4n) is 3.89. The Balaban J connectivity index is 1.68. The highest BCUT2D eigenvalue weighted by Crippen LogP contribution is 2.37. The summed E-state index contributed by atoms with van der Waals surface area (Å²) < 4.78 is 7.33. The van der Waals surface area contributed by atoms with Gasteiger partial charge in [-0.15, -0.1) is 21.5 Å². The Kier molecular flexibility index (Phi) is 4.91. The van der Waals surface area contributed by atoms with E-state index in [-0.39, 0.29) is 4.88 Å². The number of H-pyrrole nitrogens is 1. The molecule has 0 aliphatic rings. The number of fused-ring (bicyclic) bond motifs is 1. The molecule has 0 spiro atoms. The lowest BCUT2D eigenvalue weighted by atomic mass is 9.95. The van der Waals surface area contributed by atoms with Crippen LogP contribution in [-0.2, 0) is 6.54 Å². The summed E-state index contributed by atoms with van der Waals surface area (Å²) in [5.41, 5.74) is 4.95. The first kappa shape index (κ1) is 19.9. The standard InChI is InChI=1S/C22H18N6O3S/c1-12-17-18(19(32-12)21(29)30)28(22(23-17)31-2)11-13-7-3-4-8-14(13)15-9-5-6-10-16(15)20-24-26-27-25-20/h3-10H,11H2,1-2H3,(H,29,30)(H,24,25,26,27). The molecule has 0 aliphatic carbocycles. The molecular weight excluding hydrogens is 428 g/mol. The van der Waals surface area contributed by atoms with Gasteiger partial charge in [-0.05, 0) is 28.8 Å². The topological polar surface area (TPSA) is 119 Å². The molecule has 0 fully saturated rings. The third-order valence-corrected chi connectivity index (χ3v) is 6.33. The summed E-state index contributed by atoms with van der Waals surface area (Å²) in [5.74, 6) is -0.479. The number of thiophene rings is 1. The Labute approximate surface area is 186 Å². The van der Waals surface area contributed by atoms with Gasteiger partial charge in [-0.25, -0.2) is 4.79 Å². The van der Waals surface area contributed by atoms with E-state index in [2.05, 4.69) is 25.6 Å². The van der Waals surface area contributed by atoms with Crippen molar-refractivity contribution in [2.45, 2.75) is 13.5 Å². The predicted octanol–water partition coefficient (Wildman–Crippen LogP) is 4.01. The number of hydrogen-bond donors (Lipinski definition) is 2. The average molecular weight is 446 g/mol. The van der Waals surface area contributed by atoms with Crippen molar-refractivity contribution in [2.75, 3.05) is 7.11 Å². The predicted molar refractivity (Wildman–Crippen MR) is 120 cm³/mol. The van der Waals surface area contributed by atoms with Gasteiger partial charge in [0.15, 0.2) is 0 Å². The summed E-state index contributed by atoms with van der Waals surface area (Å²) in [7, 11) is 1.54. The van der Waals surface area contributed by atoms with E-state index >= 15 is 0 Å². The zero-order valence-corrected chi connectivity index (χ0v) is 18.1. The molecule has 0 radical (unpaired) electrons. The first-order chi connectivity index (χ1) is 15.6. The molecule has 32 heavy (non-hydrogen) atoms. The Morgan fingerprint density at radius 1 is 1.12 bits per heavy atom. The third kappa shape index (κ3) is 3.21. The molecule has 5 aromatic rings. The molecule has 0 saturated carbocycles. The number of carbonyl (C=O) groups is 1. The summed E-state index contributed by atoms with van der Waals surface area (Å²) in [4.78, 5) is 17.5. The number of carboxylic acids is 1. The van der Waals surface area contributed by atoms with Crippen LogP contribution >= 0.6 is 11.3 Å². The lowest BCUT2D eigenvalue weighted by Gasteiger charge is -2.14. The second-order valence-corrected chi connectivity index (χ2v) is 8.34. The van der Waals surface area contributed by atoms with Crippen molar-refractivity contribution in [1.29, 1.82) is 0 Å². The van der Waals surface area contributed by atoms with Crippen LogP contribution in [0.4, 0.5) is 0 Å². The summed E-state index contributed by atoms with van der Waals surface area (Å²) in [6.45, 7) is 2.25. The SMILES string of the molecule is COc1nc2c(C)sc(C(=O)O)c2n1Cc1ccccc1-c1ccccc1-c1nn[nH]n1. The number of tetrazole rings is 1. The molecule has 3 heterocycles. The first-order valence-electron chi connectivity index (χ1n) is 9.76. The van der Waals surface area contributed by atoms with Gasteiger partial charge in [0.2, 0.25) is 5.82 Å². The zero-order chi connectivity index (χ0) is 22.2. The number of aromatic carboxylic acids is 1. The number of aromatic amines is 1. The Bertz CT molecular complexity index is 1440. The number of ether oxygens (including phenoxy) is 1.